The standard InChI is InChI=1S/C8H8F3N/c1-12(2)6-4-3-5(9)7(10)8(6)11/h3-4H,1-2H3. The smallest absolute Gasteiger partial charge is 0.196 e. The van der Waals surface area contributed by atoms with Gasteiger partial charge in [0.2, 0.25) is 0 Å². The summed E-state index contributed by atoms with van der Waals surface area (Å²) in [6, 6.07) is 2.08. The third kappa shape index (κ3) is 1.37. The van der Waals surface area contributed by atoms with Gasteiger partial charge in [0.15, 0.2) is 17.5 Å². The second-order valence-electron chi connectivity index (χ2n) is 2.59. The van der Waals surface area contributed by atoms with Crippen LogP contribution in [0, 0.1) is 17.5 Å². The maximum Gasteiger partial charge on any atom is 0.196 e. The fourth-order valence-electron chi connectivity index (χ4n) is 0.861. The van der Waals surface area contributed by atoms with E-state index >= 15 is 0 Å². The van der Waals surface area contributed by atoms with Crippen LogP contribution < -0.4 is 4.90 Å². The molecule has 12 heavy (non-hydrogen) atoms. The topological polar surface area (TPSA) is 3.24 Å². The summed E-state index contributed by atoms with van der Waals surface area (Å²) in [5.41, 5.74) is 0.0360. The van der Waals surface area contributed by atoms with Gasteiger partial charge >= 0.3 is 0 Å². The summed E-state index contributed by atoms with van der Waals surface area (Å²) in [6.07, 6.45) is 0. The quantitative estimate of drug-likeness (QED) is 0.591. The number of anilines is 1. The Bertz CT molecular complexity index is 297. The van der Waals surface area contributed by atoms with Crippen LogP contribution in [0.2, 0.25) is 0 Å². The van der Waals surface area contributed by atoms with Gasteiger partial charge in [0.05, 0.1) is 5.69 Å². The minimum absolute atomic E-state index is 0.0360. The first-order valence-electron chi connectivity index (χ1n) is 3.35. The highest BCUT2D eigenvalue weighted by Crippen LogP contribution is 2.21. The van der Waals surface area contributed by atoms with Crippen molar-refractivity contribution in [1.29, 1.82) is 0 Å². The first-order chi connectivity index (χ1) is 5.54. The number of rotatable bonds is 1. The number of hydrogen-bond donors (Lipinski definition) is 0. The van der Waals surface area contributed by atoms with Gasteiger partial charge in [-0.15, -0.1) is 0 Å². The van der Waals surface area contributed by atoms with Crippen LogP contribution in [0.25, 0.3) is 0 Å². The Morgan fingerprint density at radius 3 is 2.08 bits per heavy atom. The van der Waals surface area contributed by atoms with Crippen LogP contribution in [0.15, 0.2) is 12.1 Å². The second-order valence-corrected chi connectivity index (χ2v) is 2.59. The lowest BCUT2D eigenvalue weighted by Crippen LogP contribution is -2.12. The molecule has 0 heterocycles. The lowest BCUT2D eigenvalue weighted by molar-refractivity contribution is 0.447. The first kappa shape index (κ1) is 8.90. The van der Waals surface area contributed by atoms with Gasteiger partial charge < -0.3 is 4.90 Å². The molecule has 0 bridgehead atoms. The molecule has 0 radical (unpaired) electrons. The maximum atomic E-state index is 12.9. The molecule has 0 atom stereocenters. The zero-order valence-electron chi connectivity index (χ0n) is 6.74. The highest BCUT2D eigenvalue weighted by atomic mass is 19.2. The molecule has 0 N–H and O–H groups in total. The molecule has 1 rings (SSSR count). The molecule has 0 saturated heterocycles. The van der Waals surface area contributed by atoms with E-state index in [1.165, 1.54) is 11.0 Å². The van der Waals surface area contributed by atoms with E-state index < -0.39 is 17.5 Å². The van der Waals surface area contributed by atoms with Gasteiger partial charge in [0, 0.05) is 14.1 Å². The van der Waals surface area contributed by atoms with Crippen LogP contribution in [0.5, 0.6) is 0 Å². The Labute approximate surface area is 68.4 Å². The number of benzene rings is 1. The molecule has 0 aliphatic rings. The van der Waals surface area contributed by atoms with Gasteiger partial charge in [-0.3, -0.25) is 0 Å². The third-order valence-electron chi connectivity index (χ3n) is 1.50. The molecular formula is C8H8F3N. The van der Waals surface area contributed by atoms with Gasteiger partial charge in [-0.05, 0) is 12.1 Å². The SMILES string of the molecule is CN(C)c1ccc(F)c(F)c1F. The third-order valence-corrected chi connectivity index (χ3v) is 1.50. The summed E-state index contributed by atoms with van der Waals surface area (Å²) >= 11 is 0. The van der Waals surface area contributed by atoms with Gasteiger partial charge in [0.25, 0.3) is 0 Å². The van der Waals surface area contributed by atoms with Crippen molar-refractivity contribution in [3.63, 3.8) is 0 Å². The molecule has 1 nitrogen and oxygen atoms in total. The van der Waals surface area contributed by atoms with E-state index in [1.54, 1.807) is 14.1 Å². The van der Waals surface area contributed by atoms with E-state index in [-0.39, 0.29) is 5.69 Å². The molecular weight excluding hydrogens is 167 g/mol. The van der Waals surface area contributed by atoms with Crippen LogP contribution in [0.3, 0.4) is 0 Å². The molecule has 0 aliphatic carbocycles. The van der Waals surface area contributed by atoms with E-state index in [0.717, 1.165) is 6.07 Å². The van der Waals surface area contributed by atoms with Crippen LogP contribution in [0.1, 0.15) is 0 Å². The van der Waals surface area contributed by atoms with Crippen molar-refractivity contribution in [1.82, 2.24) is 0 Å². The molecule has 0 unspecified atom stereocenters. The minimum atomic E-state index is -1.43. The number of nitrogens with zero attached hydrogens (tertiary/aromatic N) is 1. The second kappa shape index (κ2) is 3.05. The maximum absolute atomic E-state index is 12.9. The molecule has 4 heteroatoms. The summed E-state index contributed by atoms with van der Waals surface area (Å²) in [5.74, 6) is -3.75. The largest absolute Gasteiger partial charge is 0.375 e. The average Bonchev–Trinajstić information content (AvgIpc) is 2.00. The van der Waals surface area contributed by atoms with Gasteiger partial charge in [-0.25, -0.2) is 13.2 Å². The lowest BCUT2D eigenvalue weighted by atomic mass is 10.2. The summed E-state index contributed by atoms with van der Waals surface area (Å²) in [6.45, 7) is 0. The predicted octanol–water partition coefficient (Wildman–Crippen LogP) is 2.17. The Morgan fingerprint density at radius 2 is 1.58 bits per heavy atom. The molecule has 66 valence electrons. The van der Waals surface area contributed by atoms with Crippen molar-refractivity contribution in [3.8, 4) is 0 Å². The van der Waals surface area contributed by atoms with E-state index in [2.05, 4.69) is 0 Å². The normalized spacial score (nSPS) is 10.1. The highest BCUT2D eigenvalue weighted by Gasteiger charge is 2.13. The fourth-order valence-corrected chi connectivity index (χ4v) is 0.861. The predicted molar refractivity (Wildman–Crippen MR) is 40.6 cm³/mol. The monoisotopic (exact) mass is 175 g/mol. The zero-order chi connectivity index (χ0) is 9.30. The number of hydrogen-bond acceptors (Lipinski definition) is 1. The van der Waals surface area contributed by atoms with Crippen molar-refractivity contribution in [2.45, 2.75) is 0 Å². The molecule has 0 saturated carbocycles. The Hall–Kier alpha value is -1.19. The molecule has 0 aliphatic heterocycles. The molecule has 0 spiro atoms. The van der Waals surface area contributed by atoms with E-state index in [0.29, 0.717) is 0 Å². The molecule has 1 aromatic rings. The van der Waals surface area contributed by atoms with Crippen molar-refractivity contribution in [2.24, 2.45) is 0 Å². The Balaban J connectivity index is 3.27. The van der Waals surface area contributed by atoms with E-state index in [1.807, 2.05) is 0 Å². The summed E-state index contributed by atoms with van der Waals surface area (Å²) < 4.78 is 37.8. The molecule has 0 fully saturated rings. The fraction of sp³-hybridized carbons (Fsp3) is 0.250. The molecule has 0 aromatic heterocycles. The van der Waals surface area contributed by atoms with Crippen molar-refractivity contribution < 1.29 is 13.2 Å². The number of halogens is 3. The van der Waals surface area contributed by atoms with E-state index in [4.69, 9.17) is 0 Å². The first-order valence-corrected chi connectivity index (χ1v) is 3.35. The minimum Gasteiger partial charge on any atom is -0.375 e. The summed E-state index contributed by atoms with van der Waals surface area (Å²) in [5, 5.41) is 0. The Morgan fingerprint density at radius 1 is 1.00 bits per heavy atom. The Kier molecular flexibility index (Phi) is 2.26. The van der Waals surface area contributed by atoms with Crippen LogP contribution in [0.4, 0.5) is 18.9 Å². The average molecular weight is 175 g/mol. The van der Waals surface area contributed by atoms with Gasteiger partial charge in [-0.1, -0.05) is 0 Å². The highest BCUT2D eigenvalue weighted by molar-refractivity contribution is 5.46. The molecule has 0 amide bonds. The summed E-state index contributed by atoms with van der Waals surface area (Å²) in [4.78, 5) is 1.37. The molecule has 1 aromatic carbocycles. The van der Waals surface area contributed by atoms with Crippen molar-refractivity contribution in [2.75, 3.05) is 19.0 Å². The van der Waals surface area contributed by atoms with E-state index in [9.17, 15) is 13.2 Å². The van der Waals surface area contributed by atoms with Crippen molar-refractivity contribution in [3.05, 3.63) is 29.6 Å². The van der Waals surface area contributed by atoms with Crippen LogP contribution in [-0.2, 0) is 0 Å². The van der Waals surface area contributed by atoms with Crippen LogP contribution >= 0.6 is 0 Å². The van der Waals surface area contributed by atoms with Crippen molar-refractivity contribution >= 4 is 5.69 Å². The summed E-state index contributed by atoms with van der Waals surface area (Å²) in [7, 11) is 3.10. The van der Waals surface area contributed by atoms with Gasteiger partial charge in [-0.2, -0.15) is 0 Å². The van der Waals surface area contributed by atoms with Crippen LogP contribution in [-0.4, -0.2) is 14.1 Å². The lowest BCUT2D eigenvalue weighted by Gasteiger charge is -2.13. The van der Waals surface area contributed by atoms with Gasteiger partial charge in [0.1, 0.15) is 0 Å². The zero-order valence-corrected chi connectivity index (χ0v) is 6.74.